The molecule has 0 fully saturated rings. The Bertz CT molecular complexity index is 1300. The number of fused-ring (bicyclic) bond motifs is 1. The molecule has 0 bridgehead atoms. The topological polar surface area (TPSA) is 74.6 Å². The second kappa shape index (κ2) is 8.20. The van der Waals surface area contributed by atoms with E-state index in [2.05, 4.69) is 24.5 Å². The van der Waals surface area contributed by atoms with Gasteiger partial charge in [-0.25, -0.2) is 4.79 Å². The van der Waals surface area contributed by atoms with E-state index in [-0.39, 0.29) is 17.2 Å². The fraction of sp³-hybridized carbons (Fsp3) is 0.286. The molecule has 1 atom stereocenters. The summed E-state index contributed by atoms with van der Waals surface area (Å²) in [7, 11) is 0. The minimum absolute atomic E-state index is 0.0253. The number of rotatable bonds is 2. The number of amides is 2. The van der Waals surface area contributed by atoms with E-state index in [1.54, 1.807) is 17.2 Å². The van der Waals surface area contributed by atoms with Gasteiger partial charge in [-0.3, -0.25) is 9.69 Å². The molecular weight excluding hydrogens is 426 g/mol. The Morgan fingerprint density at radius 3 is 2.62 bits per heavy atom. The summed E-state index contributed by atoms with van der Waals surface area (Å²) < 4.78 is 5.83. The molecular formula is C28H29N3O3. The minimum atomic E-state index is -0.685. The number of anilines is 3. The van der Waals surface area contributed by atoms with Crippen LogP contribution in [0.1, 0.15) is 49.6 Å². The fourth-order valence-corrected chi connectivity index (χ4v) is 5.06. The van der Waals surface area contributed by atoms with E-state index in [9.17, 15) is 9.59 Å². The Morgan fingerprint density at radius 1 is 1.09 bits per heavy atom. The number of nitrogens with one attached hydrogen (secondary N) is 2. The van der Waals surface area contributed by atoms with E-state index in [0.29, 0.717) is 29.9 Å². The monoisotopic (exact) mass is 455 g/mol. The van der Waals surface area contributed by atoms with Gasteiger partial charge >= 0.3 is 6.03 Å². The summed E-state index contributed by atoms with van der Waals surface area (Å²) in [4.78, 5) is 29.2. The maximum Gasteiger partial charge on any atom is 0.327 e. The molecule has 2 amide bonds. The maximum absolute atomic E-state index is 13.9. The highest BCUT2D eigenvalue weighted by Gasteiger charge is 2.44. The van der Waals surface area contributed by atoms with Gasteiger partial charge in [-0.05, 0) is 61.6 Å². The average molecular weight is 456 g/mol. The fourth-order valence-electron chi connectivity index (χ4n) is 5.06. The Hall–Kier alpha value is -3.80. The van der Waals surface area contributed by atoms with E-state index in [4.69, 9.17) is 4.42 Å². The lowest BCUT2D eigenvalue weighted by Gasteiger charge is -2.36. The molecule has 0 saturated carbocycles. The van der Waals surface area contributed by atoms with E-state index < -0.39 is 6.04 Å². The standard InChI is InChI=1S/C28H29N3O3/c1-17-11-12-19(18(2)14-17)30-27(33)31-22-9-6-5-8-20(22)29-21-15-28(3,4)16-23(32)25(21)26(31)24-10-7-13-34-24/h5-14,26,29H,15-16H2,1-4H3,(H,30,33). The van der Waals surface area contributed by atoms with Crippen molar-refractivity contribution in [1.29, 1.82) is 0 Å². The predicted octanol–water partition coefficient (Wildman–Crippen LogP) is 6.74. The normalized spacial score (nSPS) is 19.1. The summed E-state index contributed by atoms with van der Waals surface area (Å²) in [5.74, 6) is 0.576. The van der Waals surface area contributed by atoms with Crippen LogP contribution in [0.25, 0.3) is 0 Å². The molecule has 0 radical (unpaired) electrons. The molecule has 2 N–H and O–H groups in total. The van der Waals surface area contributed by atoms with Crippen LogP contribution >= 0.6 is 0 Å². The Morgan fingerprint density at radius 2 is 1.88 bits per heavy atom. The molecule has 5 rings (SSSR count). The van der Waals surface area contributed by atoms with E-state index in [1.165, 1.54) is 0 Å². The third-order valence-electron chi connectivity index (χ3n) is 6.56. The summed E-state index contributed by atoms with van der Waals surface area (Å²) in [5.41, 5.74) is 5.55. The van der Waals surface area contributed by atoms with Crippen LogP contribution < -0.4 is 15.5 Å². The number of benzene rings is 2. The van der Waals surface area contributed by atoms with Gasteiger partial charge in [0.25, 0.3) is 0 Å². The quantitative estimate of drug-likeness (QED) is 0.448. The predicted molar refractivity (Wildman–Crippen MR) is 134 cm³/mol. The van der Waals surface area contributed by atoms with Crippen molar-refractivity contribution in [3.63, 3.8) is 0 Å². The number of furan rings is 1. The number of aryl methyl sites for hydroxylation is 2. The summed E-state index contributed by atoms with van der Waals surface area (Å²) in [6.45, 7) is 8.18. The van der Waals surface area contributed by atoms with Crippen molar-refractivity contribution in [3.05, 3.63) is 89.0 Å². The molecule has 34 heavy (non-hydrogen) atoms. The molecule has 6 nitrogen and oxygen atoms in total. The van der Waals surface area contributed by atoms with E-state index >= 15 is 0 Å². The third-order valence-corrected chi connectivity index (χ3v) is 6.56. The highest BCUT2D eigenvalue weighted by Crippen LogP contribution is 2.48. The Labute approximate surface area is 199 Å². The second-order valence-electron chi connectivity index (χ2n) is 10.0. The van der Waals surface area contributed by atoms with Crippen molar-refractivity contribution < 1.29 is 14.0 Å². The minimum Gasteiger partial charge on any atom is -0.467 e. The third kappa shape index (κ3) is 3.89. The van der Waals surface area contributed by atoms with Crippen molar-refractivity contribution in [2.24, 2.45) is 5.41 Å². The molecule has 2 heterocycles. The SMILES string of the molecule is Cc1ccc(NC(=O)N2c3ccccc3NC3=C(C(=O)CC(C)(C)C3)C2c2ccco2)c(C)c1. The number of nitrogens with zero attached hydrogens (tertiary/aromatic N) is 1. The van der Waals surface area contributed by atoms with E-state index in [0.717, 1.165) is 28.2 Å². The van der Waals surface area contributed by atoms with Crippen LogP contribution in [-0.4, -0.2) is 11.8 Å². The van der Waals surface area contributed by atoms with Crippen LogP contribution in [0.3, 0.4) is 0 Å². The molecule has 2 aliphatic rings. The van der Waals surface area contributed by atoms with Gasteiger partial charge in [-0.1, -0.05) is 43.7 Å². The summed E-state index contributed by atoms with van der Waals surface area (Å²) in [6, 6.07) is 16.2. The first-order chi connectivity index (χ1) is 16.2. The van der Waals surface area contributed by atoms with Gasteiger partial charge in [0.05, 0.1) is 17.6 Å². The molecule has 0 spiro atoms. The first kappa shape index (κ1) is 22.0. The summed E-state index contributed by atoms with van der Waals surface area (Å²) in [6.07, 6.45) is 2.69. The van der Waals surface area contributed by atoms with Gasteiger partial charge in [0.15, 0.2) is 5.78 Å². The van der Waals surface area contributed by atoms with E-state index in [1.807, 2.05) is 62.4 Å². The number of ketones is 1. The molecule has 1 aliphatic carbocycles. The zero-order valence-electron chi connectivity index (χ0n) is 19.9. The number of hydrogen-bond acceptors (Lipinski definition) is 4. The summed E-state index contributed by atoms with van der Waals surface area (Å²) >= 11 is 0. The number of carbonyl (C=O) groups is 2. The van der Waals surface area contributed by atoms with Crippen molar-refractivity contribution >= 4 is 28.9 Å². The Kier molecular flexibility index (Phi) is 5.31. The molecule has 0 saturated heterocycles. The lowest BCUT2D eigenvalue weighted by molar-refractivity contribution is -0.118. The molecule has 6 heteroatoms. The first-order valence-corrected chi connectivity index (χ1v) is 11.6. The lowest BCUT2D eigenvalue weighted by atomic mass is 9.74. The van der Waals surface area contributed by atoms with Gasteiger partial charge < -0.3 is 15.1 Å². The summed E-state index contributed by atoms with van der Waals surface area (Å²) in [5, 5.41) is 6.58. The van der Waals surface area contributed by atoms with Crippen LogP contribution in [0.4, 0.5) is 21.9 Å². The van der Waals surface area contributed by atoms with Crippen LogP contribution in [0.2, 0.25) is 0 Å². The second-order valence-corrected chi connectivity index (χ2v) is 10.0. The van der Waals surface area contributed by atoms with Gasteiger partial charge in [0.2, 0.25) is 0 Å². The van der Waals surface area contributed by atoms with Gasteiger partial charge in [0, 0.05) is 23.4 Å². The van der Waals surface area contributed by atoms with Gasteiger partial charge in [0.1, 0.15) is 11.8 Å². The Balaban J connectivity index is 1.68. The van der Waals surface area contributed by atoms with Gasteiger partial charge in [-0.15, -0.1) is 0 Å². The van der Waals surface area contributed by atoms with Crippen molar-refractivity contribution in [1.82, 2.24) is 0 Å². The highest BCUT2D eigenvalue weighted by molar-refractivity contribution is 6.09. The van der Waals surface area contributed by atoms with Crippen LogP contribution in [0.15, 0.2) is 76.5 Å². The number of allylic oxidation sites excluding steroid dienone is 1. The smallest absolute Gasteiger partial charge is 0.327 e. The largest absolute Gasteiger partial charge is 0.467 e. The number of urea groups is 1. The van der Waals surface area contributed by atoms with Crippen molar-refractivity contribution in [2.75, 3.05) is 15.5 Å². The zero-order chi connectivity index (χ0) is 24.0. The van der Waals surface area contributed by atoms with Crippen LogP contribution in [-0.2, 0) is 4.79 Å². The van der Waals surface area contributed by atoms with Gasteiger partial charge in [-0.2, -0.15) is 0 Å². The molecule has 1 aromatic heterocycles. The lowest BCUT2D eigenvalue weighted by Crippen LogP contribution is -2.41. The molecule has 174 valence electrons. The maximum atomic E-state index is 13.9. The number of hydrogen-bond donors (Lipinski definition) is 2. The number of para-hydroxylation sites is 2. The van der Waals surface area contributed by atoms with Crippen molar-refractivity contribution in [3.8, 4) is 0 Å². The molecule has 2 aromatic carbocycles. The zero-order valence-corrected chi connectivity index (χ0v) is 19.9. The number of Topliss-reactive ketones (excluding diaryl/α,β-unsaturated/α-hetero) is 1. The first-order valence-electron chi connectivity index (χ1n) is 11.6. The number of carbonyl (C=O) groups excluding carboxylic acids is 2. The van der Waals surface area contributed by atoms with Crippen LogP contribution in [0.5, 0.6) is 0 Å². The van der Waals surface area contributed by atoms with Crippen molar-refractivity contribution in [2.45, 2.75) is 46.6 Å². The van der Waals surface area contributed by atoms with Crippen LogP contribution in [0, 0.1) is 19.3 Å². The highest BCUT2D eigenvalue weighted by atomic mass is 16.3. The molecule has 1 unspecified atom stereocenters. The molecule has 1 aliphatic heterocycles. The molecule has 3 aromatic rings. The average Bonchev–Trinajstić information content (AvgIpc) is 3.24.